The van der Waals surface area contributed by atoms with Crippen molar-refractivity contribution in [3.05, 3.63) is 87.4 Å². The van der Waals surface area contributed by atoms with Gasteiger partial charge in [-0.3, -0.25) is 4.18 Å². The van der Waals surface area contributed by atoms with Crippen molar-refractivity contribution in [2.75, 3.05) is 38.9 Å². The molecule has 9 heteroatoms. The quantitative estimate of drug-likeness (QED) is 0.122. The lowest BCUT2D eigenvalue weighted by Gasteiger charge is -2.17. The number of aryl methyl sites for hydroxylation is 1. The van der Waals surface area contributed by atoms with E-state index in [1.807, 2.05) is 49.4 Å². The number of hydrogen-bond acceptors (Lipinski definition) is 5. The van der Waals surface area contributed by atoms with E-state index in [1.165, 1.54) is 0 Å². The van der Waals surface area contributed by atoms with Gasteiger partial charge in [-0.2, -0.15) is 8.42 Å². The zero-order chi connectivity index (χ0) is 26.0. The molecule has 5 nitrogen and oxygen atoms in total. The molecule has 0 radical (unpaired) electrons. The summed E-state index contributed by atoms with van der Waals surface area (Å²) < 4.78 is 42.8. The molecular weight excluding hydrogens is 543 g/mol. The Balaban J connectivity index is 1.70. The van der Waals surface area contributed by atoms with Crippen LogP contribution in [0.5, 0.6) is 0 Å². The Hall–Kier alpha value is -1.64. The van der Waals surface area contributed by atoms with Crippen molar-refractivity contribution in [3.8, 4) is 11.1 Å². The van der Waals surface area contributed by atoms with Gasteiger partial charge in [-0.15, -0.1) is 11.6 Å². The fourth-order valence-electron chi connectivity index (χ4n) is 3.73. The molecule has 0 bridgehead atoms. The smallest absolute Gasteiger partial charge is 0.297 e. The van der Waals surface area contributed by atoms with Crippen LogP contribution in [0.1, 0.15) is 16.7 Å². The van der Waals surface area contributed by atoms with Gasteiger partial charge in [0, 0.05) is 27.1 Å². The summed E-state index contributed by atoms with van der Waals surface area (Å²) in [7, 11) is -4.07. The molecule has 0 aliphatic carbocycles. The SMILES string of the molecule is Cc1ccc(S(=O)(=O)OCCOCCc2cccc(Cl)c2)c(-c2c(Cl)cccc2CCOCCCl)c1. The van der Waals surface area contributed by atoms with Crippen molar-refractivity contribution in [1.29, 1.82) is 0 Å². The summed E-state index contributed by atoms with van der Waals surface area (Å²) in [4.78, 5) is 0.0584. The lowest BCUT2D eigenvalue weighted by molar-refractivity contribution is 0.104. The highest BCUT2D eigenvalue weighted by Gasteiger charge is 2.23. The molecule has 36 heavy (non-hydrogen) atoms. The Morgan fingerprint density at radius 2 is 1.56 bits per heavy atom. The van der Waals surface area contributed by atoms with Gasteiger partial charge in [0.15, 0.2) is 0 Å². The molecule has 3 aromatic rings. The molecule has 3 aromatic carbocycles. The maximum Gasteiger partial charge on any atom is 0.297 e. The topological polar surface area (TPSA) is 61.8 Å². The lowest BCUT2D eigenvalue weighted by Crippen LogP contribution is -2.14. The van der Waals surface area contributed by atoms with Crippen molar-refractivity contribution in [2.45, 2.75) is 24.7 Å². The maximum absolute atomic E-state index is 13.2. The third-order valence-electron chi connectivity index (χ3n) is 5.40. The van der Waals surface area contributed by atoms with Crippen molar-refractivity contribution in [1.82, 2.24) is 0 Å². The minimum absolute atomic E-state index is 0.0584. The van der Waals surface area contributed by atoms with Crippen LogP contribution >= 0.6 is 34.8 Å². The first-order chi connectivity index (χ1) is 17.3. The Bertz CT molecular complexity index is 1250. The van der Waals surface area contributed by atoms with E-state index in [-0.39, 0.29) is 18.1 Å². The molecule has 0 aromatic heterocycles. The van der Waals surface area contributed by atoms with Crippen LogP contribution in [0.4, 0.5) is 0 Å². The van der Waals surface area contributed by atoms with Gasteiger partial charge >= 0.3 is 0 Å². The number of ether oxygens (including phenoxy) is 2. The summed E-state index contributed by atoms with van der Waals surface area (Å²) in [6.07, 6.45) is 1.22. The second-order valence-corrected chi connectivity index (χ2v) is 10.9. The van der Waals surface area contributed by atoms with Crippen molar-refractivity contribution < 1.29 is 22.1 Å². The van der Waals surface area contributed by atoms with E-state index in [9.17, 15) is 8.42 Å². The first kappa shape index (κ1) is 28.9. The minimum Gasteiger partial charge on any atom is -0.380 e. The molecule has 3 rings (SSSR count). The van der Waals surface area contributed by atoms with Gasteiger partial charge in [0.2, 0.25) is 0 Å². The number of rotatable bonds is 14. The van der Waals surface area contributed by atoms with Gasteiger partial charge in [0.1, 0.15) is 4.90 Å². The van der Waals surface area contributed by atoms with Crippen LogP contribution in [-0.2, 0) is 36.6 Å². The van der Waals surface area contributed by atoms with E-state index in [2.05, 4.69) is 0 Å². The summed E-state index contributed by atoms with van der Waals surface area (Å²) in [5, 5.41) is 1.12. The first-order valence-corrected chi connectivity index (χ1v) is 14.3. The molecule has 0 amide bonds. The lowest BCUT2D eigenvalue weighted by atomic mass is 9.96. The molecule has 0 fully saturated rings. The van der Waals surface area contributed by atoms with Gasteiger partial charge in [0.25, 0.3) is 10.1 Å². The van der Waals surface area contributed by atoms with Gasteiger partial charge in [-0.05, 0) is 61.2 Å². The highest BCUT2D eigenvalue weighted by atomic mass is 35.5. The molecule has 0 atom stereocenters. The minimum atomic E-state index is -4.07. The zero-order valence-corrected chi connectivity index (χ0v) is 23.1. The highest BCUT2D eigenvalue weighted by Crippen LogP contribution is 2.37. The van der Waals surface area contributed by atoms with Crippen molar-refractivity contribution >= 4 is 44.9 Å². The summed E-state index contributed by atoms with van der Waals surface area (Å²) in [6, 6.07) is 18.1. The fraction of sp³-hybridized carbons (Fsp3) is 0.333. The van der Waals surface area contributed by atoms with Crippen LogP contribution in [0.15, 0.2) is 65.6 Å². The van der Waals surface area contributed by atoms with E-state index in [0.29, 0.717) is 59.7 Å². The largest absolute Gasteiger partial charge is 0.380 e. The van der Waals surface area contributed by atoms with Crippen LogP contribution in [0.2, 0.25) is 10.0 Å². The number of halogens is 3. The predicted octanol–water partition coefficient (Wildman–Crippen LogP) is 6.73. The molecule has 0 aliphatic heterocycles. The van der Waals surface area contributed by atoms with E-state index in [4.69, 9.17) is 48.5 Å². The Kier molecular flexibility index (Phi) is 11.5. The first-order valence-electron chi connectivity index (χ1n) is 11.6. The third-order valence-corrected chi connectivity index (χ3v) is 7.48. The maximum atomic E-state index is 13.2. The Morgan fingerprint density at radius 1 is 0.806 bits per heavy atom. The Morgan fingerprint density at radius 3 is 2.33 bits per heavy atom. The molecule has 194 valence electrons. The monoisotopic (exact) mass is 570 g/mol. The number of alkyl halides is 1. The van der Waals surface area contributed by atoms with Crippen molar-refractivity contribution in [2.24, 2.45) is 0 Å². The van der Waals surface area contributed by atoms with E-state index in [1.54, 1.807) is 18.2 Å². The fourth-order valence-corrected chi connectivity index (χ4v) is 5.42. The van der Waals surface area contributed by atoms with Crippen LogP contribution in [-0.4, -0.2) is 47.3 Å². The third kappa shape index (κ3) is 8.45. The van der Waals surface area contributed by atoms with Gasteiger partial charge in [0.05, 0.1) is 33.0 Å². The highest BCUT2D eigenvalue weighted by molar-refractivity contribution is 7.87. The summed E-state index contributed by atoms with van der Waals surface area (Å²) in [5.74, 6) is 0.407. The molecule has 0 heterocycles. The summed E-state index contributed by atoms with van der Waals surface area (Å²) in [6.45, 7) is 3.24. The average Bonchev–Trinajstić information content (AvgIpc) is 2.84. The molecule has 0 spiro atoms. The van der Waals surface area contributed by atoms with Crippen LogP contribution in [0.25, 0.3) is 11.1 Å². The summed E-state index contributed by atoms with van der Waals surface area (Å²) >= 11 is 18.3. The molecule has 0 unspecified atom stereocenters. The van der Waals surface area contributed by atoms with Gasteiger partial charge in [-0.25, -0.2) is 0 Å². The predicted molar refractivity (Wildman–Crippen MR) is 146 cm³/mol. The summed E-state index contributed by atoms with van der Waals surface area (Å²) in [5.41, 5.74) is 3.97. The van der Waals surface area contributed by atoms with Gasteiger partial charge < -0.3 is 9.47 Å². The average molecular weight is 572 g/mol. The second kappa shape index (κ2) is 14.3. The van der Waals surface area contributed by atoms with Crippen molar-refractivity contribution in [3.63, 3.8) is 0 Å². The van der Waals surface area contributed by atoms with Crippen LogP contribution < -0.4 is 0 Å². The van der Waals surface area contributed by atoms with E-state index < -0.39 is 10.1 Å². The molecular formula is C27H29Cl3O5S. The molecule has 0 aliphatic rings. The molecule has 0 N–H and O–H groups in total. The zero-order valence-electron chi connectivity index (χ0n) is 20.0. The standard InChI is InChI=1S/C27H29Cl3O5S/c1-20-8-9-26(24(18-20)27-22(5-3-7-25(27)30)11-14-33-15-12-28)36(31,32)35-17-16-34-13-10-21-4-2-6-23(29)19-21/h2-9,18-19H,10-17H2,1H3. The van der Waals surface area contributed by atoms with E-state index >= 15 is 0 Å². The van der Waals surface area contributed by atoms with Gasteiger partial charge in [-0.1, -0.05) is 59.1 Å². The normalized spacial score (nSPS) is 11.7. The number of hydrogen-bond donors (Lipinski definition) is 0. The number of benzene rings is 3. The molecule has 0 saturated heterocycles. The molecule has 0 saturated carbocycles. The van der Waals surface area contributed by atoms with E-state index in [0.717, 1.165) is 16.7 Å². The Labute approximate surface area is 228 Å². The van der Waals surface area contributed by atoms with Crippen LogP contribution in [0.3, 0.4) is 0 Å². The second-order valence-electron chi connectivity index (χ2n) is 8.09. The van der Waals surface area contributed by atoms with Crippen LogP contribution in [0, 0.1) is 6.92 Å².